The Hall–Kier alpha value is -2.96. The van der Waals surface area contributed by atoms with Crippen LogP contribution < -0.4 is 5.32 Å². The molecule has 10 nitrogen and oxygen atoms in total. The van der Waals surface area contributed by atoms with Gasteiger partial charge >= 0.3 is 12.1 Å². The van der Waals surface area contributed by atoms with Crippen LogP contribution >= 0.6 is 11.3 Å². The van der Waals surface area contributed by atoms with Crippen LogP contribution in [0.4, 0.5) is 9.80 Å². The van der Waals surface area contributed by atoms with Crippen molar-refractivity contribution in [1.82, 2.24) is 9.21 Å². The summed E-state index contributed by atoms with van der Waals surface area (Å²) in [5.41, 5.74) is 1.30. The van der Waals surface area contributed by atoms with Crippen molar-refractivity contribution < 1.29 is 32.3 Å². The Bertz CT molecular complexity index is 1330. The van der Waals surface area contributed by atoms with Gasteiger partial charge in [-0.05, 0) is 68.4 Å². The predicted molar refractivity (Wildman–Crippen MR) is 148 cm³/mol. The fourth-order valence-corrected chi connectivity index (χ4v) is 8.11. The molecule has 0 spiro atoms. The van der Waals surface area contributed by atoms with Crippen molar-refractivity contribution in [1.29, 1.82) is 0 Å². The number of piperidine rings is 1. The van der Waals surface area contributed by atoms with Crippen molar-refractivity contribution in [2.45, 2.75) is 52.0 Å². The van der Waals surface area contributed by atoms with E-state index in [1.54, 1.807) is 18.7 Å². The fourth-order valence-electron chi connectivity index (χ4n) is 5.19. The first-order chi connectivity index (χ1) is 18.5. The van der Waals surface area contributed by atoms with Gasteiger partial charge in [-0.25, -0.2) is 18.0 Å². The highest BCUT2D eigenvalue weighted by molar-refractivity contribution is 7.89. The molecule has 2 atom stereocenters. The number of ether oxygens (including phenoxy) is 2. The third-order valence-corrected chi connectivity index (χ3v) is 9.86. The molecule has 1 fully saturated rings. The number of benzene rings is 1. The molecule has 1 aromatic carbocycles. The van der Waals surface area contributed by atoms with Crippen molar-refractivity contribution in [3.8, 4) is 0 Å². The van der Waals surface area contributed by atoms with Gasteiger partial charge in [0.05, 0.1) is 30.2 Å². The molecule has 0 bridgehead atoms. The molecule has 2 aromatic rings. The molecule has 1 saturated heterocycles. The Kier molecular flexibility index (Phi) is 8.97. The Balaban J connectivity index is 1.55. The summed E-state index contributed by atoms with van der Waals surface area (Å²) >= 11 is 1.22. The molecule has 12 heteroatoms. The van der Waals surface area contributed by atoms with Crippen molar-refractivity contribution >= 4 is 44.3 Å². The zero-order valence-electron chi connectivity index (χ0n) is 22.7. The van der Waals surface area contributed by atoms with E-state index >= 15 is 0 Å². The van der Waals surface area contributed by atoms with Gasteiger partial charge in [-0.1, -0.05) is 13.8 Å². The summed E-state index contributed by atoms with van der Waals surface area (Å²) in [7, 11) is -3.67. The Morgan fingerprint density at radius 1 is 1.03 bits per heavy atom. The fraction of sp³-hybridized carbons (Fsp3) is 0.519. The lowest BCUT2D eigenvalue weighted by molar-refractivity contribution is 0.0526. The zero-order chi connectivity index (χ0) is 28.3. The van der Waals surface area contributed by atoms with E-state index in [9.17, 15) is 22.8 Å². The largest absolute Gasteiger partial charge is 0.462 e. The second-order valence-corrected chi connectivity index (χ2v) is 13.1. The summed E-state index contributed by atoms with van der Waals surface area (Å²) in [4.78, 5) is 40.7. The van der Waals surface area contributed by atoms with Crippen LogP contribution in [0, 0.1) is 11.8 Å². The van der Waals surface area contributed by atoms with Crippen LogP contribution in [0.15, 0.2) is 29.2 Å². The van der Waals surface area contributed by atoms with Crippen molar-refractivity contribution in [2.24, 2.45) is 11.8 Å². The monoisotopic (exact) mass is 577 g/mol. The Morgan fingerprint density at radius 3 is 2.28 bits per heavy atom. The number of fused-ring (bicyclic) bond motifs is 1. The lowest BCUT2D eigenvalue weighted by Crippen LogP contribution is -2.42. The first-order valence-corrected chi connectivity index (χ1v) is 15.5. The standard InChI is InChI=1S/C27H35N3O7S2/c1-5-36-26(32)23-21-11-12-29(27(33)37-6-2)16-22(21)38-25(23)28-24(31)19-7-9-20(10-8-19)39(34,35)30-14-17(3)13-18(4)15-30/h7-10,17-18H,5-6,11-16H2,1-4H3,(H,28,31). The Morgan fingerprint density at radius 2 is 1.67 bits per heavy atom. The van der Waals surface area contributed by atoms with Crippen molar-refractivity contribution in [2.75, 3.05) is 38.2 Å². The molecule has 1 N–H and O–H groups in total. The van der Waals surface area contributed by atoms with Crippen molar-refractivity contribution in [3.63, 3.8) is 0 Å². The van der Waals surface area contributed by atoms with Gasteiger partial charge < -0.3 is 19.7 Å². The second kappa shape index (κ2) is 12.1. The minimum absolute atomic E-state index is 0.137. The predicted octanol–water partition coefficient (Wildman–Crippen LogP) is 4.36. The molecule has 0 aliphatic carbocycles. The molecular weight excluding hydrogens is 542 g/mol. The topological polar surface area (TPSA) is 122 Å². The zero-order valence-corrected chi connectivity index (χ0v) is 24.3. The van der Waals surface area contributed by atoms with Gasteiger partial charge in [0.1, 0.15) is 5.00 Å². The number of rotatable bonds is 7. The number of carbonyl (C=O) groups is 3. The molecule has 3 heterocycles. The molecule has 2 unspecified atom stereocenters. The highest BCUT2D eigenvalue weighted by Gasteiger charge is 2.33. The molecule has 2 aliphatic rings. The van der Waals surface area contributed by atoms with Gasteiger partial charge in [0.15, 0.2) is 0 Å². The first kappa shape index (κ1) is 29.0. The number of sulfonamides is 1. The number of amides is 2. The SMILES string of the molecule is CCOC(=O)c1c(NC(=O)c2ccc(S(=O)(=O)N3CC(C)CC(C)C3)cc2)sc2c1CCN(C(=O)OCC)C2. The average molecular weight is 578 g/mol. The number of nitrogens with zero attached hydrogens (tertiary/aromatic N) is 2. The molecule has 39 heavy (non-hydrogen) atoms. The number of esters is 1. The summed E-state index contributed by atoms with van der Waals surface area (Å²) < 4.78 is 38.3. The van der Waals surface area contributed by atoms with Crippen LogP contribution in [0.1, 0.15) is 65.3 Å². The van der Waals surface area contributed by atoms with E-state index in [2.05, 4.69) is 5.32 Å². The maximum atomic E-state index is 13.2. The van der Waals surface area contributed by atoms with Crippen LogP contribution in [0.2, 0.25) is 0 Å². The minimum Gasteiger partial charge on any atom is -0.462 e. The van der Waals surface area contributed by atoms with E-state index in [0.29, 0.717) is 36.6 Å². The van der Waals surface area contributed by atoms with E-state index in [1.165, 1.54) is 39.9 Å². The van der Waals surface area contributed by atoms with Crippen LogP contribution in [0.25, 0.3) is 0 Å². The van der Waals surface area contributed by atoms with Gasteiger partial charge in [0.2, 0.25) is 10.0 Å². The normalized spacial score (nSPS) is 19.7. The van der Waals surface area contributed by atoms with Crippen LogP contribution in [0.3, 0.4) is 0 Å². The van der Waals surface area contributed by atoms with Gasteiger partial charge in [-0.3, -0.25) is 4.79 Å². The Labute approximate surface area is 233 Å². The molecule has 4 rings (SSSR count). The first-order valence-electron chi connectivity index (χ1n) is 13.2. The van der Waals surface area contributed by atoms with Gasteiger partial charge in [0, 0.05) is 30.1 Å². The minimum atomic E-state index is -3.67. The highest BCUT2D eigenvalue weighted by atomic mass is 32.2. The maximum Gasteiger partial charge on any atom is 0.410 e. The van der Waals surface area contributed by atoms with E-state index < -0.39 is 28.0 Å². The molecule has 0 saturated carbocycles. The lowest BCUT2D eigenvalue weighted by Gasteiger charge is -2.34. The smallest absolute Gasteiger partial charge is 0.410 e. The number of hydrogen-bond acceptors (Lipinski definition) is 8. The lowest BCUT2D eigenvalue weighted by atomic mass is 9.94. The molecule has 0 radical (unpaired) electrons. The maximum absolute atomic E-state index is 13.2. The molecule has 2 amide bonds. The average Bonchev–Trinajstić information content (AvgIpc) is 3.25. The summed E-state index contributed by atoms with van der Waals surface area (Å²) in [6.45, 7) is 9.58. The quantitative estimate of drug-likeness (QED) is 0.485. The number of anilines is 1. The van der Waals surface area contributed by atoms with E-state index in [0.717, 1.165) is 16.9 Å². The molecular formula is C27H35N3O7S2. The molecule has 2 aliphatic heterocycles. The highest BCUT2D eigenvalue weighted by Crippen LogP contribution is 2.38. The summed E-state index contributed by atoms with van der Waals surface area (Å²) in [6, 6.07) is 5.83. The van der Waals surface area contributed by atoms with E-state index in [1.807, 2.05) is 13.8 Å². The molecule has 1 aromatic heterocycles. The van der Waals surface area contributed by atoms with Gasteiger partial charge in [-0.2, -0.15) is 4.31 Å². The summed E-state index contributed by atoms with van der Waals surface area (Å²) in [5, 5.41) is 3.15. The van der Waals surface area contributed by atoms with Crippen molar-refractivity contribution in [3.05, 3.63) is 45.8 Å². The number of nitrogens with one attached hydrogen (secondary N) is 1. The van der Waals surface area contributed by atoms with Gasteiger partial charge in [-0.15, -0.1) is 11.3 Å². The van der Waals surface area contributed by atoms with Gasteiger partial charge in [0.25, 0.3) is 5.91 Å². The summed E-state index contributed by atoms with van der Waals surface area (Å²) in [5.74, 6) is -0.460. The second-order valence-electron chi connectivity index (χ2n) is 10.0. The third-order valence-electron chi connectivity index (χ3n) is 6.88. The number of hydrogen-bond donors (Lipinski definition) is 1. The number of thiophene rings is 1. The van der Waals surface area contributed by atoms with Crippen LogP contribution in [-0.4, -0.2) is 68.4 Å². The molecule has 212 valence electrons. The van der Waals surface area contributed by atoms with E-state index in [-0.39, 0.29) is 42.1 Å². The summed E-state index contributed by atoms with van der Waals surface area (Å²) in [6.07, 6.45) is 0.990. The third kappa shape index (κ3) is 6.28. The van der Waals surface area contributed by atoms with Crippen LogP contribution in [0.5, 0.6) is 0 Å². The van der Waals surface area contributed by atoms with Crippen LogP contribution in [-0.2, 0) is 32.5 Å². The van der Waals surface area contributed by atoms with E-state index in [4.69, 9.17) is 9.47 Å². The number of carbonyl (C=O) groups excluding carboxylic acids is 3.